The molecule has 0 bridgehead atoms. The Bertz CT molecular complexity index is 616. The minimum Gasteiger partial charge on any atom is -0.459 e. The van der Waals surface area contributed by atoms with E-state index in [2.05, 4.69) is 32.9 Å². The van der Waals surface area contributed by atoms with Crippen molar-refractivity contribution in [2.24, 2.45) is 5.73 Å². The lowest BCUT2D eigenvalue weighted by atomic mass is 9.83. The number of hydrogen-bond donors (Lipinski definition) is 1. The predicted octanol–water partition coefficient (Wildman–Crippen LogP) is 4.07. The van der Waals surface area contributed by atoms with Crippen molar-refractivity contribution in [1.82, 2.24) is 0 Å². The average molecular weight is 257 g/mol. The van der Waals surface area contributed by atoms with Gasteiger partial charge in [-0.1, -0.05) is 20.8 Å². The molecular formula is C17H23NO. The molecule has 2 N–H and O–H groups in total. The van der Waals surface area contributed by atoms with Crippen molar-refractivity contribution in [1.29, 1.82) is 0 Å². The van der Waals surface area contributed by atoms with Crippen molar-refractivity contribution >= 4 is 11.0 Å². The molecule has 2 aromatic rings. The van der Waals surface area contributed by atoms with Crippen LogP contribution >= 0.6 is 0 Å². The minimum absolute atomic E-state index is 0.0723. The van der Waals surface area contributed by atoms with Gasteiger partial charge in [0.05, 0.1) is 6.54 Å². The van der Waals surface area contributed by atoms with E-state index >= 15 is 0 Å². The molecule has 0 aliphatic heterocycles. The van der Waals surface area contributed by atoms with Crippen LogP contribution in [0.4, 0.5) is 0 Å². The molecule has 0 unspecified atom stereocenters. The number of aryl methyl sites for hydroxylation is 2. The van der Waals surface area contributed by atoms with Gasteiger partial charge in [0.25, 0.3) is 0 Å². The van der Waals surface area contributed by atoms with Gasteiger partial charge in [-0.25, -0.2) is 0 Å². The van der Waals surface area contributed by atoms with Gasteiger partial charge in [-0.15, -0.1) is 0 Å². The van der Waals surface area contributed by atoms with Crippen LogP contribution in [0.15, 0.2) is 16.5 Å². The molecule has 2 heteroatoms. The van der Waals surface area contributed by atoms with Crippen LogP contribution in [0.2, 0.25) is 0 Å². The normalized spacial score (nSPS) is 15.8. The van der Waals surface area contributed by atoms with E-state index in [0.717, 1.165) is 11.3 Å². The molecule has 1 aliphatic rings. The standard InChI is InChI=1S/C17H23NO/c1-17(2,3)16-13-8-11-6-4-5-7-12(11)9-14(13)19-15(16)10-18/h8-9H,4-7,10,18H2,1-3H3. The minimum atomic E-state index is 0.0723. The van der Waals surface area contributed by atoms with E-state index in [1.165, 1.54) is 47.8 Å². The number of benzene rings is 1. The molecule has 0 amide bonds. The molecule has 102 valence electrons. The summed E-state index contributed by atoms with van der Waals surface area (Å²) in [4.78, 5) is 0. The molecule has 2 nitrogen and oxygen atoms in total. The molecule has 0 saturated heterocycles. The number of fused-ring (bicyclic) bond motifs is 2. The summed E-state index contributed by atoms with van der Waals surface area (Å²) in [5.41, 5.74) is 11.2. The maximum Gasteiger partial charge on any atom is 0.134 e. The van der Waals surface area contributed by atoms with Gasteiger partial charge in [0.2, 0.25) is 0 Å². The molecule has 0 radical (unpaired) electrons. The zero-order chi connectivity index (χ0) is 13.6. The molecule has 3 rings (SSSR count). The van der Waals surface area contributed by atoms with Gasteiger partial charge in [0.1, 0.15) is 11.3 Å². The summed E-state index contributed by atoms with van der Waals surface area (Å²) in [7, 11) is 0. The summed E-state index contributed by atoms with van der Waals surface area (Å²) >= 11 is 0. The Labute approximate surface area is 115 Å². The number of hydrogen-bond acceptors (Lipinski definition) is 2. The van der Waals surface area contributed by atoms with Gasteiger partial charge in [-0.2, -0.15) is 0 Å². The fourth-order valence-corrected chi connectivity index (χ4v) is 3.34. The van der Waals surface area contributed by atoms with Crippen LogP contribution in [0.1, 0.15) is 56.1 Å². The number of rotatable bonds is 1. The van der Waals surface area contributed by atoms with Gasteiger partial charge in [-0.05, 0) is 54.4 Å². The van der Waals surface area contributed by atoms with Crippen LogP contribution < -0.4 is 5.73 Å². The zero-order valence-corrected chi connectivity index (χ0v) is 12.2. The zero-order valence-electron chi connectivity index (χ0n) is 12.2. The van der Waals surface area contributed by atoms with Crippen molar-refractivity contribution in [3.8, 4) is 0 Å². The Morgan fingerprint density at radius 1 is 1.11 bits per heavy atom. The highest BCUT2D eigenvalue weighted by atomic mass is 16.3. The second kappa shape index (κ2) is 4.38. The first-order chi connectivity index (χ1) is 9.00. The Morgan fingerprint density at radius 3 is 2.32 bits per heavy atom. The molecule has 0 atom stereocenters. The molecule has 1 aliphatic carbocycles. The summed E-state index contributed by atoms with van der Waals surface area (Å²) in [6.07, 6.45) is 5.01. The van der Waals surface area contributed by atoms with Gasteiger partial charge in [0, 0.05) is 10.9 Å². The predicted molar refractivity (Wildman–Crippen MR) is 79.4 cm³/mol. The van der Waals surface area contributed by atoms with E-state index in [1.807, 2.05) is 0 Å². The third-order valence-corrected chi connectivity index (χ3v) is 4.16. The Balaban J connectivity index is 2.28. The van der Waals surface area contributed by atoms with Crippen LogP contribution in [-0.4, -0.2) is 0 Å². The lowest BCUT2D eigenvalue weighted by molar-refractivity contribution is 0.510. The highest BCUT2D eigenvalue weighted by molar-refractivity contribution is 5.85. The lowest BCUT2D eigenvalue weighted by Crippen LogP contribution is -2.14. The fraction of sp³-hybridized carbons (Fsp3) is 0.529. The van der Waals surface area contributed by atoms with Crippen LogP contribution in [0.25, 0.3) is 11.0 Å². The molecule has 1 aromatic carbocycles. The van der Waals surface area contributed by atoms with E-state index in [0.29, 0.717) is 6.54 Å². The second-order valence-electron chi connectivity index (χ2n) is 6.68. The molecule has 0 saturated carbocycles. The highest BCUT2D eigenvalue weighted by Crippen LogP contribution is 2.38. The van der Waals surface area contributed by atoms with Crippen molar-refractivity contribution in [3.05, 3.63) is 34.6 Å². The number of nitrogens with two attached hydrogens (primary N) is 1. The summed E-state index contributed by atoms with van der Waals surface area (Å²) < 4.78 is 6.02. The maximum atomic E-state index is 6.02. The third kappa shape index (κ3) is 2.08. The van der Waals surface area contributed by atoms with E-state index in [1.54, 1.807) is 0 Å². The number of furan rings is 1. The molecule has 0 spiro atoms. The van der Waals surface area contributed by atoms with E-state index in [4.69, 9.17) is 10.2 Å². The van der Waals surface area contributed by atoms with Crippen molar-refractivity contribution in [2.75, 3.05) is 0 Å². The van der Waals surface area contributed by atoms with Gasteiger partial charge >= 0.3 is 0 Å². The van der Waals surface area contributed by atoms with E-state index in [9.17, 15) is 0 Å². The van der Waals surface area contributed by atoms with Gasteiger partial charge in [0.15, 0.2) is 0 Å². The molecule has 1 heterocycles. The van der Waals surface area contributed by atoms with Crippen LogP contribution in [-0.2, 0) is 24.8 Å². The average Bonchev–Trinajstić information content (AvgIpc) is 2.73. The monoisotopic (exact) mass is 257 g/mol. The molecular weight excluding hydrogens is 234 g/mol. The highest BCUT2D eigenvalue weighted by Gasteiger charge is 2.25. The van der Waals surface area contributed by atoms with Crippen LogP contribution in [0.3, 0.4) is 0 Å². The van der Waals surface area contributed by atoms with Crippen molar-refractivity contribution in [3.63, 3.8) is 0 Å². The van der Waals surface area contributed by atoms with E-state index in [-0.39, 0.29) is 5.41 Å². The Hall–Kier alpha value is -1.28. The summed E-state index contributed by atoms with van der Waals surface area (Å²) in [5.74, 6) is 0.949. The van der Waals surface area contributed by atoms with Crippen LogP contribution in [0, 0.1) is 0 Å². The lowest BCUT2D eigenvalue weighted by Gasteiger charge is -2.20. The first kappa shape index (κ1) is 12.7. The Kier molecular flexibility index (Phi) is 2.94. The smallest absolute Gasteiger partial charge is 0.134 e. The second-order valence-corrected chi connectivity index (χ2v) is 6.68. The topological polar surface area (TPSA) is 39.2 Å². The maximum absolute atomic E-state index is 6.02. The van der Waals surface area contributed by atoms with Gasteiger partial charge in [-0.3, -0.25) is 0 Å². The van der Waals surface area contributed by atoms with Gasteiger partial charge < -0.3 is 10.2 Å². The first-order valence-corrected chi connectivity index (χ1v) is 7.28. The summed E-state index contributed by atoms with van der Waals surface area (Å²) in [5, 5.41) is 1.27. The van der Waals surface area contributed by atoms with Crippen molar-refractivity contribution < 1.29 is 4.42 Å². The largest absolute Gasteiger partial charge is 0.459 e. The Morgan fingerprint density at radius 2 is 1.74 bits per heavy atom. The third-order valence-electron chi connectivity index (χ3n) is 4.16. The van der Waals surface area contributed by atoms with E-state index < -0.39 is 0 Å². The quantitative estimate of drug-likeness (QED) is 0.836. The summed E-state index contributed by atoms with van der Waals surface area (Å²) in [6, 6.07) is 4.60. The molecule has 1 aromatic heterocycles. The molecule has 0 fully saturated rings. The first-order valence-electron chi connectivity index (χ1n) is 7.28. The van der Waals surface area contributed by atoms with Crippen molar-refractivity contribution in [2.45, 2.75) is 58.4 Å². The fourth-order valence-electron chi connectivity index (χ4n) is 3.34. The SMILES string of the molecule is CC(C)(C)c1c(CN)oc2cc3c(cc12)CCCC3. The molecule has 19 heavy (non-hydrogen) atoms. The van der Waals surface area contributed by atoms with Crippen LogP contribution in [0.5, 0.6) is 0 Å². The summed E-state index contributed by atoms with van der Waals surface area (Å²) in [6.45, 7) is 7.17.